The molecule has 2 aromatic heterocycles. The summed E-state index contributed by atoms with van der Waals surface area (Å²) in [6.45, 7) is 1.01. The van der Waals surface area contributed by atoms with Gasteiger partial charge in [0.15, 0.2) is 0 Å². The first-order chi connectivity index (χ1) is 16.7. The Balaban J connectivity index is 1.62. The van der Waals surface area contributed by atoms with Gasteiger partial charge in [0.25, 0.3) is 0 Å². The van der Waals surface area contributed by atoms with Crippen LogP contribution in [0.15, 0.2) is 95.6 Å². The molecule has 0 spiro atoms. The predicted octanol–water partition coefficient (Wildman–Crippen LogP) is 7.96. The number of thiocarbonyl (C=S) groups is 1. The molecule has 0 fully saturated rings. The fraction of sp³-hybridized carbons (Fsp3) is 0.138. The Morgan fingerprint density at radius 3 is 2.26 bits per heavy atom. The van der Waals surface area contributed by atoms with Gasteiger partial charge in [0.05, 0.1) is 11.4 Å². The van der Waals surface area contributed by atoms with E-state index in [0.29, 0.717) is 0 Å². The topological polar surface area (TPSA) is 21.4 Å². The van der Waals surface area contributed by atoms with Crippen LogP contribution in [0.3, 0.4) is 0 Å². The molecule has 0 bridgehead atoms. The van der Waals surface area contributed by atoms with Crippen molar-refractivity contribution in [1.29, 1.82) is 0 Å². The smallest absolute Gasteiger partial charge is 0.128 e. The summed E-state index contributed by atoms with van der Waals surface area (Å²) in [5.74, 6) is 0. The van der Waals surface area contributed by atoms with Gasteiger partial charge >= 0.3 is 0 Å². The van der Waals surface area contributed by atoms with Gasteiger partial charge in [-0.25, -0.2) is 0 Å². The van der Waals surface area contributed by atoms with Gasteiger partial charge in [0.2, 0.25) is 0 Å². The number of hydrogen-bond donors (Lipinski definition) is 1. The van der Waals surface area contributed by atoms with Crippen LogP contribution in [0.5, 0.6) is 0 Å². The van der Waals surface area contributed by atoms with E-state index < -0.39 is 0 Å². The van der Waals surface area contributed by atoms with E-state index in [2.05, 4.69) is 103 Å². The molecular formula is C29H24BrN3S. The Bertz CT molecular complexity index is 1480. The minimum Gasteiger partial charge on any atom is -0.345 e. The van der Waals surface area contributed by atoms with Gasteiger partial charge in [0, 0.05) is 34.0 Å². The lowest BCUT2D eigenvalue weighted by atomic mass is 9.98. The van der Waals surface area contributed by atoms with Crippen molar-refractivity contribution in [3.05, 3.63) is 107 Å². The standard InChI is InChI=1S/C29H24BrN3S/c30-22-16-14-21(15-17-22)26-24-13-7-8-18-32-25(20-9-3-1-4-10-20)19-33(29(24)32)27(26)28(34)31-23-11-5-2-6-12-23/h1-6,9-12,14-17,19H,7-8,13,18H2,(H,31,34). The van der Waals surface area contributed by atoms with Crippen molar-refractivity contribution < 1.29 is 0 Å². The average Bonchev–Trinajstić information content (AvgIpc) is 3.29. The first-order valence-electron chi connectivity index (χ1n) is 11.6. The van der Waals surface area contributed by atoms with Crippen molar-refractivity contribution >= 4 is 44.5 Å². The van der Waals surface area contributed by atoms with E-state index in [1.165, 1.54) is 40.0 Å². The normalized spacial score (nSPS) is 13.1. The van der Waals surface area contributed by atoms with E-state index in [-0.39, 0.29) is 0 Å². The minimum atomic E-state index is 0.739. The molecule has 3 nitrogen and oxygen atoms in total. The molecule has 0 saturated carbocycles. The number of anilines is 1. The highest BCUT2D eigenvalue weighted by molar-refractivity contribution is 9.10. The highest BCUT2D eigenvalue weighted by Crippen LogP contribution is 2.40. The number of rotatable bonds is 4. The Kier molecular flexibility index (Phi) is 5.60. The van der Waals surface area contributed by atoms with Gasteiger partial charge < -0.3 is 9.88 Å². The highest BCUT2D eigenvalue weighted by Gasteiger charge is 2.28. The van der Waals surface area contributed by atoms with E-state index in [1.54, 1.807) is 0 Å². The molecule has 3 aromatic carbocycles. The molecule has 168 valence electrons. The molecule has 0 amide bonds. The Morgan fingerprint density at radius 1 is 0.824 bits per heavy atom. The maximum Gasteiger partial charge on any atom is 0.128 e. The zero-order valence-electron chi connectivity index (χ0n) is 18.7. The minimum absolute atomic E-state index is 0.739. The molecule has 0 atom stereocenters. The second-order valence-corrected chi connectivity index (χ2v) is 10.0. The van der Waals surface area contributed by atoms with Crippen molar-refractivity contribution in [2.45, 2.75) is 25.8 Å². The van der Waals surface area contributed by atoms with Gasteiger partial charge in [0.1, 0.15) is 10.6 Å². The predicted molar refractivity (Wildman–Crippen MR) is 149 cm³/mol. The van der Waals surface area contributed by atoms with Crippen LogP contribution in [0, 0.1) is 0 Å². The molecule has 6 rings (SSSR count). The number of halogens is 1. The summed E-state index contributed by atoms with van der Waals surface area (Å²) in [5, 5.41) is 3.51. The number of para-hydroxylation sites is 1. The molecule has 1 aliphatic rings. The van der Waals surface area contributed by atoms with Crippen molar-refractivity contribution in [3.8, 4) is 22.4 Å². The average molecular weight is 527 g/mol. The summed E-state index contributed by atoms with van der Waals surface area (Å²) in [6, 6.07) is 29.5. The third-order valence-corrected chi connectivity index (χ3v) is 7.41. The number of hydrogen-bond acceptors (Lipinski definition) is 1. The van der Waals surface area contributed by atoms with E-state index in [1.807, 2.05) is 18.2 Å². The third kappa shape index (κ3) is 3.69. The fourth-order valence-corrected chi connectivity index (χ4v) is 5.67. The molecule has 5 heteroatoms. The molecule has 3 heterocycles. The second kappa shape index (κ2) is 8.90. The van der Waals surface area contributed by atoms with Crippen LogP contribution in [0.4, 0.5) is 5.69 Å². The molecule has 5 aromatic rings. The van der Waals surface area contributed by atoms with E-state index in [0.717, 1.165) is 40.2 Å². The second-order valence-electron chi connectivity index (χ2n) is 8.71. The van der Waals surface area contributed by atoms with Gasteiger partial charge in [-0.3, -0.25) is 4.40 Å². The van der Waals surface area contributed by atoms with Gasteiger partial charge in [-0.1, -0.05) is 88.8 Å². The number of imidazole rings is 1. The largest absolute Gasteiger partial charge is 0.345 e. The molecule has 0 radical (unpaired) electrons. The fourth-order valence-electron chi connectivity index (χ4n) is 5.09. The van der Waals surface area contributed by atoms with Crippen molar-refractivity contribution in [1.82, 2.24) is 8.97 Å². The molecule has 0 saturated heterocycles. The van der Waals surface area contributed by atoms with Gasteiger partial charge in [-0.05, 0) is 54.7 Å². The summed E-state index contributed by atoms with van der Waals surface area (Å²) < 4.78 is 5.90. The van der Waals surface area contributed by atoms with Crippen LogP contribution >= 0.6 is 28.1 Å². The first kappa shape index (κ1) is 21.4. The number of aromatic nitrogens is 2. The molecule has 0 aliphatic carbocycles. The van der Waals surface area contributed by atoms with Gasteiger partial charge in [-0.15, -0.1) is 0 Å². The lowest BCUT2D eigenvalue weighted by Gasteiger charge is -2.12. The quantitative estimate of drug-likeness (QED) is 0.240. The van der Waals surface area contributed by atoms with E-state index in [4.69, 9.17) is 12.2 Å². The summed E-state index contributed by atoms with van der Waals surface area (Å²) in [5.41, 5.74) is 9.62. The van der Waals surface area contributed by atoms with Crippen molar-refractivity contribution in [3.63, 3.8) is 0 Å². The van der Waals surface area contributed by atoms with Crippen LogP contribution in [-0.4, -0.2) is 14.0 Å². The van der Waals surface area contributed by atoms with E-state index >= 15 is 0 Å². The molecule has 1 N–H and O–H groups in total. The van der Waals surface area contributed by atoms with Crippen molar-refractivity contribution in [2.75, 3.05) is 5.32 Å². The number of nitrogens with one attached hydrogen (secondary N) is 1. The monoisotopic (exact) mass is 525 g/mol. The van der Waals surface area contributed by atoms with Crippen LogP contribution in [0.2, 0.25) is 0 Å². The summed E-state index contributed by atoms with van der Waals surface area (Å²) in [6.07, 6.45) is 5.65. The highest BCUT2D eigenvalue weighted by atomic mass is 79.9. The zero-order chi connectivity index (χ0) is 23.1. The summed E-state index contributed by atoms with van der Waals surface area (Å²) >= 11 is 9.67. The first-order valence-corrected chi connectivity index (χ1v) is 12.8. The summed E-state index contributed by atoms with van der Waals surface area (Å²) in [4.78, 5) is 0.739. The molecular weight excluding hydrogens is 502 g/mol. The number of benzene rings is 3. The van der Waals surface area contributed by atoms with Crippen LogP contribution < -0.4 is 5.32 Å². The summed E-state index contributed by atoms with van der Waals surface area (Å²) in [7, 11) is 0. The Labute approximate surface area is 213 Å². The third-order valence-electron chi connectivity index (χ3n) is 6.58. The maximum absolute atomic E-state index is 6.08. The Hall–Kier alpha value is -3.15. The van der Waals surface area contributed by atoms with E-state index in [9.17, 15) is 0 Å². The Morgan fingerprint density at radius 2 is 1.53 bits per heavy atom. The SMILES string of the molecule is S=C(Nc1ccccc1)c1c(-c2ccc(Br)cc2)c2c3n(c(-c4ccccc4)cn13)CCCC2. The zero-order valence-corrected chi connectivity index (χ0v) is 21.1. The lowest BCUT2D eigenvalue weighted by molar-refractivity contribution is 0.647. The van der Waals surface area contributed by atoms with Crippen LogP contribution in [-0.2, 0) is 13.0 Å². The molecule has 0 unspecified atom stereocenters. The number of nitrogens with zero attached hydrogens (tertiary/aromatic N) is 2. The van der Waals surface area contributed by atoms with Crippen LogP contribution in [0.25, 0.3) is 28.0 Å². The maximum atomic E-state index is 6.08. The van der Waals surface area contributed by atoms with Gasteiger partial charge in [-0.2, -0.15) is 0 Å². The molecule has 34 heavy (non-hydrogen) atoms. The number of aryl methyl sites for hydroxylation is 2. The van der Waals surface area contributed by atoms with Crippen LogP contribution in [0.1, 0.15) is 24.1 Å². The molecule has 1 aliphatic heterocycles. The van der Waals surface area contributed by atoms with Crippen molar-refractivity contribution in [2.24, 2.45) is 0 Å². The lowest BCUT2D eigenvalue weighted by Crippen LogP contribution is -2.14.